The second-order valence-electron chi connectivity index (χ2n) is 5.40. The molecule has 6 nitrogen and oxygen atoms in total. The third kappa shape index (κ3) is 4.53. The van der Waals surface area contributed by atoms with Crippen molar-refractivity contribution >= 4 is 15.9 Å². The molecule has 0 radical (unpaired) electrons. The average molecular weight is 327 g/mol. The average Bonchev–Trinajstić information content (AvgIpc) is 2.97. The molecule has 0 spiro atoms. The van der Waals surface area contributed by atoms with Crippen LogP contribution in [-0.4, -0.2) is 39.7 Å². The summed E-state index contributed by atoms with van der Waals surface area (Å²) in [6.45, 7) is 4.31. The van der Waals surface area contributed by atoms with Crippen molar-refractivity contribution in [1.29, 1.82) is 0 Å². The highest BCUT2D eigenvalue weighted by Crippen LogP contribution is 2.14. The molecule has 1 N–H and O–H groups in total. The summed E-state index contributed by atoms with van der Waals surface area (Å²) in [6, 6.07) is 6.37. The molecule has 2 unspecified atom stereocenters. The summed E-state index contributed by atoms with van der Waals surface area (Å²) in [5.74, 6) is -0.681. The molecule has 1 aliphatic heterocycles. The van der Waals surface area contributed by atoms with Crippen molar-refractivity contribution < 1.29 is 22.7 Å². The van der Waals surface area contributed by atoms with Crippen LogP contribution in [0.4, 0.5) is 0 Å². The van der Waals surface area contributed by atoms with E-state index < -0.39 is 22.0 Å². The number of benzene rings is 1. The molecule has 1 amide bonds. The molecule has 1 fully saturated rings. The highest BCUT2D eigenvalue weighted by molar-refractivity contribution is 7.90. The first kappa shape index (κ1) is 16.9. The SMILES string of the molecule is Cc1cccc(S(=O)(=O)NC(=O)C(C)OCC2CCCO2)c1. The van der Waals surface area contributed by atoms with Gasteiger partial charge in [0, 0.05) is 6.61 Å². The van der Waals surface area contributed by atoms with Crippen molar-refractivity contribution in [2.45, 2.75) is 43.8 Å². The van der Waals surface area contributed by atoms with Crippen LogP contribution in [0.2, 0.25) is 0 Å². The first-order valence-electron chi connectivity index (χ1n) is 7.25. The van der Waals surface area contributed by atoms with Gasteiger partial charge in [0.15, 0.2) is 0 Å². The number of amides is 1. The van der Waals surface area contributed by atoms with Gasteiger partial charge < -0.3 is 9.47 Å². The molecule has 0 saturated carbocycles. The van der Waals surface area contributed by atoms with Gasteiger partial charge in [0.25, 0.3) is 15.9 Å². The fourth-order valence-corrected chi connectivity index (χ4v) is 3.31. The minimum Gasteiger partial charge on any atom is -0.376 e. The maximum absolute atomic E-state index is 12.1. The van der Waals surface area contributed by atoms with Crippen LogP contribution in [-0.2, 0) is 24.3 Å². The van der Waals surface area contributed by atoms with Gasteiger partial charge in [-0.05, 0) is 44.4 Å². The van der Waals surface area contributed by atoms with Crippen LogP contribution in [0.5, 0.6) is 0 Å². The fourth-order valence-electron chi connectivity index (χ4n) is 2.16. The minimum atomic E-state index is -3.88. The molecular weight excluding hydrogens is 306 g/mol. The van der Waals surface area contributed by atoms with Gasteiger partial charge in [-0.15, -0.1) is 0 Å². The number of carbonyl (C=O) groups excluding carboxylic acids is 1. The van der Waals surface area contributed by atoms with Gasteiger partial charge in [0.1, 0.15) is 6.10 Å². The van der Waals surface area contributed by atoms with Crippen molar-refractivity contribution in [2.24, 2.45) is 0 Å². The molecule has 122 valence electrons. The second-order valence-corrected chi connectivity index (χ2v) is 7.08. The molecular formula is C15H21NO5S. The molecule has 1 heterocycles. The molecule has 1 aliphatic rings. The lowest BCUT2D eigenvalue weighted by Crippen LogP contribution is -2.39. The molecule has 2 atom stereocenters. The summed E-state index contributed by atoms with van der Waals surface area (Å²) in [6.07, 6.45) is 1.01. The number of aryl methyl sites for hydroxylation is 1. The van der Waals surface area contributed by atoms with Crippen molar-refractivity contribution in [3.05, 3.63) is 29.8 Å². The zero-order valence-corrected chi connectivity index (χ0v) is 13.6. The van der Waals surface area contributed by atoms with E-state index in [1.54, 1.807) is 19.1 Å². The first-order valence-corrected chi connectivity index (χ1v) is 8.73. The number of hydrogen-bond acceptors (Lipinski definition) is 5. The first-order chi connectivity index (χ1) is 10.4. The van der Waals surface area contributed by atoms with E-state index >= 15 is 0 Å². The van der Waals surface area contributed by atoms with Crippen molar-refractivity contribution in [3.63, 3.8) is 0 Å². The summed E-state index contributed by atoms with van der Waals surface area (Å²) < 4.78 is 37.1. The van der Waals surface area contributed by atoms with Crippen LogP contribution >= 0.6 is 0 Å². The quantitative estimate of drug-likeness (QED) is 0.854. The monoisotopic (exact) mass is 327 g/mol. The smallest absolute Gasteiger partial charge is 0.264 e. The Morgan fingerprint density at radius 3 is 2.91 bits per heavy atom. The normalized spacial score (nSPS) is 19.8. The Morgan fingerprint density at radius 2 is 2.27 bits per heavy atom. The van der Waals surface area contributed by atoms with E-state index in [-0.39, 0.29) is 11.0 Å². The molecule has 0 aromatic heterocycles. The maximum Gasteiger partial charge on any atom is 0.264 e. The van der Waals surface area contributed by atoms with Gasteiger partial charge in [-0.1, -0.05) is 12.1 Å². The summed E-state index contributed by atoms with van der Waals surface area (Å²) in [4.78, 5) is 12.0. The van der Waals surface area contributed by atoms with Crippen LogP contribution in [0.25, 0.3) is 0 Å². The van der Waals surface area contributed by atoms with Crippen LogP contribution in [0.3, 0.4) is 0 Å². The number of nitrogens with one attached hydrogen (secondary N) is 1. The summed E-state index contributed by atoms with van der Waals surface area (Å²) in [5, 5.41) is 0. The van der Waals surface area contributed by atoms with Gasteiger partial charge in [-0.25, -0.2) is 13.1 Å². The Morgan fingerprint density at radius 1 is 1.50 bits per heavy atom. The Bertz CT molecular complexity index is 623. The molecule has 1 saturated heterocycles. The zero-order valence-electron chi connectivity index (χ0n) is 12.7. The van der Waals surface area contributed by atoms with E-state index in [4.69, 9.17) is 9.47 Å². The van der Waals surface area contributed by atoms with E-state index in [2.05, 4.69) is 0 Å². The molecule has 1 aromatic rings. The standard InChI is InChI=1S/C15H21NO5S/c1-11-5-3-7-14(9-11)22(18,19)16-15(17)12(2)21-10-13-6-4-8-20-13/h3,5,7,9,12-13H,4,6,8,10H2,1-2H3,(H,16,17). The molecule has 1 aromatic carbocycles. The number of rotatable bonds is 6. The summed E-state index contributed by atoms with van der Waals surface area (Å²) >= 11 is 0. The zero-order chi connectivity index (χ0) is 16.2. The molecule has 7 heteroatoms. The van der Waals surface area contributed by atoms with Crippen LogP contribution < -0.4 is 4.72 Å². The lowest BCUT2D eigenvalue weighted by molar-refractivity contribution is -0.131. The number of hydrogen-bond donors (Lipinski definition) is 1. The van der Waals surface area contributed by atoms with Crippen molar-refractivity contribution in [1.82, 2.24) is 4.72 Å². The Labute approximate surface area is 130 Å². The van der Waals surface area contributed by atoms with E-state index in [0.29, 0.717) is 13.2 Å². The third-order valence-electron chi connectivity index (χ3n) is 3.46. The number of carbonyl (C=O) groups is 1. The largest absolute Gasteiger partial charge is 0.376 e. The molecule has 2 rings (SSSR count). The number of ether oxygens (including phenoxy) is 2. The topological polar surface area (TPSA) is 81.7 Å². The Balaban J connectivity index is 1.92. The van der Waals surface area contributed by atoms with Gasteiger partial charge in [-0.3, -0.25) is 4.79 Å². The van der Waals surface area contributed by atoms with E-state index in [0.717, 1.165) is 18.4 Å². The van der Waals surface area contributed by atoms with E-state index in [1.165, 1.54) is 19.1 Å². The van der Waals surface area contributed by atoms with Gasteiger partial charge >= 0.3 is 0 Å². The Hall–Kier alpha value is -1.44. The lowest BCUT2D eigenvalue weighted by Gasteiger charge is -2.16. The minimum absolute atomic E-state index is 0.0105. The van der Waals surface area contributed by atoms with Gasteiger partial charge in [-0.2, -0.15) is 0 Å². The van der Waals surface area contributed by atoms with Gasteiger partial charge in [0.05, 0.1) is 17.6 Å². The number of sulfonamides is 1. The Kier molecular flexibility index (Phi) is 5.55. The molecule has 22 heavy (non-hydrogen) atoms. The highest BCUT2D eigenvalue weighted by atomic mass is 32.2. The highest BCUT2D eigenvalue weighted by Gasteiger charge is 2.24. The fraction of sp³-hybridized carbons (Fsp3) is 0.533. The van der Waals surface area contributed by atoms with Crippen LogP contribution in [0.1, 0.15) is 25.3 Å². The maximum atomic E-state index is 12.1. The van der Waals surface area contributed by atoms with E-state index in [9.17, 15) is 13.2 Å². The van der Waals surface area contributed by atoms with Crippen LogP contribution in [0, 0.1) is 6.92 Å². The molecule has 0 aliphatic carbocycles. The van der Waals surface area contributed by atoms with Crippen molar-refractivity contribution in [2.75, 3.05) is 13.2 Å². The van der Waals surface area contributed by atoms with E-state index in [1.807, 2.05) is 4.72 Å². The third-order valence-corrected chi connectivity index (χ3v) is 4.80. The lowest BCUT2D eigenvalue weighted by atomic mass is 10.2. The van der Waals surface area contributed by atoms with Crippen LogP contribution in [0.15, 0.2) is 29.2 Å². The second kappa shape index (κ2) is 7.21. The van der Waals surface area contributed by atoms with Gasteiger partial charge in [0.2, 0.25) is 0 Å². The summed E-state index contributed by atoms with van der Waals surface area (Å²) in [5.41, 5.74) is 0.804. The predicted molar refractivity (Wildman–Crippen MR) is 80.9 cm³/mol. The predicted octanol–water partition coefficient (Wildman–Crippen LogP) is 1.38. The molecule has 0 bridgehead atoms. The van der Waals surface area contributed by atoms with Crippen molar-refractivity contribution in [3.8, 4) is 0 Å². The summed E-state index contributed by atoms with van der Waals surface area (Å²) in [7, 11) is -3.88.